The summed E-state index contributed by atoms with van der Waals surface area (Å²) in [6.45, 7) is 0.420. The molecule has 0 N–H and O–H groups in total. The summed E-state index contributed by atoms with van der Waals surface area (Å²) in [6, 6.07) is 9.80. The first-order chi connectivity index (χ1) is 8.35. The normalized spacial score (nSPS) is 17.5. The van der Waals surface area contributed by atoms with E-state index in [0.717, 1.165) is 16.5 Å². The van der Waals surface area contributed by atoms with E-state index in [1.165, 1.54) is 0 Å². The van der Waals surface area contributed by atoms with Gasteiger partial charge in [-0.1, -0.05) is 18.2 Å². The molecule has 2 heterocycles. The van der Waals surface area contributed by atoms with E-state index in [2.05, 4.69) is 11.1 Å². The molecule has 0 amide bonds. The number of nitriles is 1. The summed E-state index contributed by atoms with van der Waals surface area (Å²) >= 11 is 0. The Hall–Kier alpha value is -2.12. The standard InChI is InChI=1S/C13H10N2O2/c1-16-11-7-17-13-12(11)9(6-14)8-4-2-3-5-10(8)15-13/h2-5,11H,7H2,1H3. The molecular weight excluding hydrogens is 216 g/mol. The fraction of sp³-hybridized carbons (Fsp3) is 0.231. The molecule has 4 nitrogen and oxygen atoms in total. The van der Waals surface area contributed by atoms with Crippen LogP contribution in [0.3, 0.4) is 0 Å². The largest absolute Gasteiger partial charge is 0.474 e. The number of rotatable bonds is 1. The van der Waals surface area contributed by atoms with Gasteiger partial charge in [0.25, 0.3) is 0 Å². The van der Waals surface area contributed by atoms with Crippen LogP contribution in [0, 0.1) is 11.3 Å². The first kappa shape index (κ1) is 10.1. The van der Waals surface area contributed by atoms with Crippen molar-refractivity contribution in [1.29, 1.82) is 5.26 Å². The first-order valence-electron chi connectivity index (χ1n) is 5.33. The average molecular weight is 226 g/mol. The van der Waals surface area contributed by atoms with Crippen molar-refractivity contribution in [3.63, 3.8) is 0 Å². The van der Waals surface area contributed by atoms with E-state index in [-0.39, 0.29) is 6.10 Å². The van der Waals surface area contributed by atoms with E-state index in [1.807, 2.05) is 24.3 Å². The van der Waals surface area contributed by atoms with Crippen LogP contribution in [0.4, 0.5) is 0 Å². The van der Waals surface area contributed by atoms with Gasteiger partial charge >= 0.3 is 0 Å². The number of benzene rings is 1. The van der Waals surface area contributed by atoms with E-state index in [0.29, 0.717) is 18.1 Å². The summed E-state index contributed by atoms with van der Waals surface area (Å²) in [5.41, 5.74) is 2.16. The Labute approximate surface area is 98.4 Å². The minimum absolute atomic E-state index is 0.197. The van der Waals surface area contributed by atoms with Crippen molar-refractivity contribution in [1.82, 2.24) is 4.98 Å². The van der Waals surface area contributed by atoms with Crippen molar-refractivity contribution in [3.8, 4) is 11.9 Å². The van der Waals surface area contributed by atoms with Gasteiger partial charge in [-0.25, -0.2) is 4.98 Å². The van der Waals surface area contributed by atoms with Crippen LogP contribution in [0.25, 0.3) is 10.9 Å². The minimum atomic E-state index is -0.197. The summed E-state index contributed by atoms with van der Waals surface area (Å²) < 4.78 is 10.8. The van der Waals surface area contributed by atoms with Gasteiger partial charge in [-0.2, -0.15) is 5.26 Å². The Morgan fingerprint density at radius 2 is 2.29 bits per heavy atom. The fourth-order valence-corrected chi connectivity index (χ4v) is 2.16. The van der Waals surface area contributed by atoms with Crippen LogP contribution in [0.2, 0.25) is 0 Å². The third-order valence-electron chi connectivity index (χ3n) is 2.98. The molecule has 0 fully saturated rings. The molecule has 1 aromatic carbocycles. The first-order valence-corrected chi connectivity index (χ1v) is 5.33. The molecule has 0 aliphatic carbocycles. The lowest BCUT2D eigenvalue weighted by molar-refractivity contribution is 0.0812. The second-order valence-electron chi connectivity index (χ2n) is 3.87. The molecule has 3 rings (SSSR count). The van der Waals surface area contributed by atoms with Gasteiger partial charge in [-0.3, -0.25) is 0 Å². The molecule has 1 atom stereocenters. The van der Waals surface area contributed by atoms with Gasteiger partial charge in [0.15, 0.2) is 0 Å². The van der Waals surface area contributed by atoms with Crippen molar-refractivity contribution < 1.29 is 9.47 Å². The number of hydrogen-bond acceptors (Lipinski definition) is 4. The summed E-state index contributed by atoms with van der Waals surface area (Å²) in [5, 5.41) is 10.2. The van der Waals surface area contributed by atoms with Gasteiger partial charge in [0, 0.05) is 12.5 Å². The van der Waals surface area contributed by atoms with Crippen molar-refractivity contribution in [2.24, 2.45) is 0 Å². The minimum Gasteiger partial charge on any atom is -0.474 e. The monoisotopic (exact) mass is 226 g/mol. The molecule has 0 saturated heterocycles. The predicted octanol–water partition coefficient (Wildman–Crippen LogP) is 2.19. The van der Waals surface area contributed by atoms with E-state index in [1.54, 1.807) is 7.11 Å². The molecule has 1 aromatic heterocycles. The molecule has 0 radical (unpaired) electrons. The average Bonchev–Trinajstić information content (AvgIpc) is 2.78. The Kier molecular flexibility index (Phi) is 2.20. The SMILES string of the molecule is COC1COc2nc3ccccc3c(C#N)c21. The number of methoxy groups -OCH3 is 1. The van der Waals surface area contributed by atoms with Crippen LogP contribution < -0.4 is 4.74 Å². The van der Waals surface area contributed by atoms with E-state index >= 15 is 0 Å². The number of pyridine rings is 1. The third-order valence-corrected chi connectivity index (χ3v) is 2.98. The Balaban J connectivity index is 2.39. The predicted molar refractivity (Wildman–Crippen MR) is 61.7 cm³/mol. The lowest BCUT2D eigenvalue weighted by Gasteiger charge is -2.08. The second-order valence-corrected chi connectivity index (χ2v) is 3.87. The van der Waals surface area contributed by atoms with Crippen molar-refractivity contribution in [3.05, 3.63) is 35.4 Å². The zero-order chi connectivity index (χ0) is 11.8. The van der Waals surface area contributed by atoms with Crippen molar-refractivity contribution >= 4 is 10.9 Å². The lowest BCUT2D eigenvalue weighted by Crippen LogP contribution is -2.03. The molecule has 4 heteroatoms. The molecule has 0 spiro atoms. The second kappa shape index (κ2) is 3.72. The van der Waals surface area contributed by atoms with Crippen LogP contribution in [0.15, 0.2) is 24.3 Å². The van der Waals surface area contributed by atoms with Gasteiger partial charge in [0.2, 0.25) is 5.88 Å². The van der Waals surface area contributed by atoms with E-state index < -0.39 is 0 Å². The highest BCUT2D eigenvalue weighted by Crippen LogP contribution is 2.38. The molecular formula is C13H10N2O2. The van der Waals surface area contributed by atoms with Gasteiger partial charge in [0.05, 0.1) is 16.6 Å². The summed E-state index contributed by atoms with van der Waals surface area (Å²) in [6.07, 6.45) is -0.197. The highest BCUT2D eigenvalue weighted by Gasteiger charge is 2.30. The molecule has 2 aromatic rings. The van der Waals surface area contributed by atoms with Gasteiger partial charge in [-0.05, 0) is 6.07 Å². The smallest absolute Gasteiger partial charge is 0.221 e. The maximum Gasteiger partial charge on any atom is 0.221 e. The van der Waals surface area contributed by atoms with Gasteiger partial charge in [-0.15, -0.1) is 0 Å². The molecule has 1 unspecified atom stereocenters. The zero-order valence-corrected chi connectivity index (χ0v) is 9.30. The quantitative estimate of drug-likeness (QED) is 0.747. The van der Waals surface area contributed by atoms with Crippen LogP contribution in [0.1, 0.15) is 17.2 Å². The summed E-state index contributed by atoms with van der Waals surface area (Å²) in [4.78, 5) is 4.41. The molecule has 0 saturated carbocycles. The Bertz CT molecular complexity index is 631. The summed E-state index contributed by atoms with van der Waals surface area (Å²) in [5.74, 6) is 0.520. The van der Waals surface area contributed by atoms with Crippen LogP contribution >= 0.6 is 0 Å². The lowest BCUT2D eigenvalue weighted by atomic mass is 10.0. The van der Waals surface area contributed by atoms with Gasteiger partial charge < -0.3 is 9.47 Å². The highest BCUT2D eigenvalue weighted by atomic mass is 16.5. The zero-order valence-electron chi connectivity index (χ0n) is 9.30. The number of aromatic nitrogens is 1. The third kappa shape index (κ3) is 1.37. The maximum absolute atomic E-state index is 9.32. The van der Waals surface area contributed by atoms with Gasteiger partial charge in [0.1, 0.15) is 18.8 Å². The van der Waals surface area contributed by atoms with Crippen LogP contribution in [-0.4, -0.2) is 18.7 Å². The molecule has 1 aliphatic rings. The fourth-order valence-electron chi connectivity index (χ4n) is 2.16. The van der Waals surface area contributed by atoms with Crippen LogP contribution in [-0.2, 0) is 4.74 Å². The summed E-state index contributed by atoms with van der Waals surface area (Å²) in [7, 11) is 1.61. The molecule has 17 heavy (non-hydrogen) atoms. The Morgan fingerprint density at radius 3 is 3.06 bits per heavy atom. The Morgan fingerprint density at radius 1 is 1.47 bits per heavy atom. The maximum atomic E-state index is 9.32. The van der Waals surface area contributed by atoms with Crippen LogP contribution in [0.5, 0.6) is 5.88 Å². The topological polar surface area (TPSA) is 55.1 Å². The molecule has 1 aliphatic heterocycles. The highest BCUT2D eigenvalue weighted by molar-refractivity contribution is 5.87. The van der Waals surface area contributed by atoms with Crippen molar-refractivity contribution in [2.45, 2.75) is 6.10 Å². The number of nitrogens with zero attached hydrogens (tertiary/aromatic N) is 2. The number of ether oxygens (including phenoxy) is 2. The molecule has 84 valence electrons. The van der Waals surface area contributed by atoms with E-state index in [4.69, 9.17) is 9.47 Å². The number of hydrogen-bond donors (Lipinski definition) is 0. The number of fused-ring (bicyclic) bond motifs is 2. The van der Waals surface area contributed by atoms with Crippen molar-refractivity contribution in [2.75, 3.05) is 13.7 Å². The van der Waals surface area contributed by atoms with E-state index in [9.17, 15) is 5.26 Å². The number of para-hydroxylation sites is 1. The molecule has 0 bridgehead atoms.